The van der Waals surface area contributed by atoms with E-state index in [2.05, 4.69) is 0 Å². The van der Waals surface area contributed by atoms with Crippen LogP contribution in [0.5, 0.6) is 0 Å². The number of benzene rings is 1. The van der Waals surface area contributed by atoms with Crippen molar-refractivity contribution in [1.29, 1.82) is 0 Å². The molecule has 0 aromatic heterocycles. The molecule has 1 N–H and O–H groups in total. The molecule has 1 atom stereocenters. The second kappa shape index (κ2) is 6.11. The first-order valence-electron chi connectivity index (χ1n) is 5.47. The average Bonchev–Trinajstić information content (AvgIpc) is 2.35. The SMILES string of the molecule is CC(CC[N+](=O)[O-])(OCc1ccccc1)C(=O)O. The molecule has 6 heteroatoms. The van der Waals surface area contributed by atoms with Gasteiger partial charge in [0.2, 0.25) is 6.54 Å². The molecule has 0 spiro atoms. The van der Waals surface area contributed by atoms with Gasteiger partial charge in [-0.3, -0.25) is 10.1 Å². The van der Waals surface area contributed by atoms with E-state index in [1.165, 1.54) is 6.92 Å². The van der Waals surface area contributed by atoms with Crippen molar-refractivity contribution in [1.82, 2.24) is 0 Å². The van der Waals surface area contributed by atoms with Gasteiger partial charge in [0, 0.05) is 4.92 Å². The first kappa shape index (κ1) is 14.1. The number of hydrogen-bond donors (Lipinski definition) is 1. The van der Waals surface area contributed by atoms with E-state index in [-0.39, 0.29) is 13.0 Å². The third kappa shape index (κ3) is 4.14. The van der Waals surface area contributed by atoms with E-state index in [0.717, 1.165) is 5.56 Å². The van der Waals surface area contributed by atoms with Gasteiger partial charge in [0.05, 0.1) is 13.0 Å². The Morgan fingerprint density at radius 2 is 2.06 bits per heavy atom. The summed E-state index contributed by atoms with van der Waals surface area (Å²) in [5.74, 6) is -1.19. The third-order valence-electron chi connectivity index (χ3n) is 2.62. The van der Waals surface area contributed by atoms with Gasteiger partial charge in [0.25, 0.3) is 0 Å². The van der Waals surface area contributed by atoms with E-state index >= 15 is 0 Å². The van der Waals surface area contributed by atoms with Crippen LogP contribution in [0.15, 0.2) is 30.3 Å². The zero-order valence-corrected chi connectivity index (χ0v) is 10.0. The maximum absolute atomic E-state index is 11.1. The van der Waals surface area contributed by atoms with Crippen LogP contribution >= 0.6 is 0 Å². The normalized spacial score (nSPS) is 13.8. The summed E-state index contributed by atoms with van der Waals surface area (Å²) in [6.07, 6.45) is -0.165. The van der Waals surface area contributed by atoms with E-state index in [9.17, 15) is 14.9 Å². The number of ether oxygens (including phenoxy) is 1. The van der Waals surface area contributed by atoms with Gasteiger partial charge in [-0.25, -0.2) is 4.79 Å². The standard InChI is InChI=1S/C12H15NO5/c1-12(11(14)15,7-8-13(16)17)18-9-10-5-3-2-4-6-10/h2-6H,7-9H2,1H3,(H,14,15). The zero-order chi connectivity index (χ0) is 13.6. The molecule has 1 unspecified atom stereocenters. The van der Waals surface area contributed by atoms with Crippen LogP contribution < -0.4 is 0 Å². The summed E-state index contributed by atoms with van der Waals surface area (Å²) in [6, 6.07) is 9.07. The summed E-state index contributed by atoms with van der Waals surface area (Å²) in [5.41, 5.74) is -0.714. The lowest BCUT2D eigenvalue weighted by molar-refractivity contribution is -0.483. The van der Waals surface area contributed by atoms with Gasteiger partial charge < -0.3 is 9.84 Å². The molecule has 1 rings (SSSR count). The summed E-state index contributed by atoms with van der Waals surface area (Å²) < 4.78 is 5.32. The van der Waals surface area contributed by atoms with E-state index in [1.807, 2.05) is 18.2 Å². The van der Waals surface area contributed by atoms with Crippen molar-refractivity contribution in [2.45, 2.75) is 25.6 Å². The largest absolute Gasteiger partial charge is 0.479 e. The number of aliphatic carboxylic acids is 1. The Balaban J connectivity index is 2.62. The fourth-order valence-electron chi connectivity index (χ4n) is 1.36. The van der Waals surface area contributed by atoms with Gasteiger partial charge in [-0.1, -0.05) is 30.3 Å². The Hall–Kier alpha value is -1.95. The highest BCUT2D eigenvalue weighted by molar-refractivity contribution is 5.76. The van der Waals surface area contributed by atoms with Crippen molar-refractivity contribution in [3.05, 3.63) is 46.0 Å². The van der Waals surface area contributed by atoms with Gasteiger partial charge in [-0.05, 0) is 12.5 Å². The predicted octanol–water partition coefficient (Wildman–Crippen LogP) is 1.71. The highest BCUT2D eigenvalue weighted by Gasteiger charge is 2.35. The topological polar surface area (TPSA) is 89.7 Å². The number of nitrogens with zero attached hydrogens (tertiary/aromatic N) is 1. The highest BCUT2D eigenvalue weighted by atomic mass is 16.6. The minimum Gasteiger partial charge on any atom is -0.479 e. The zero-order valence-electron chi connectivity index (χ0n) is 10.0. The Bertz CT molecular complexity index is 420. The van der Waals surface area contributed by atoms with Gasteiger partial charge in [-0.2, -0.15) is 0 Å². The summed E-state index contributed by atoms with van der Waals surface area (Å²) in [6.45, 7) is 1.03. The Kier molecular flexibility index (Phi) is 4.79. The van der Waals surface area contributed by atoms with Gasteiger partial charge in [-0.15, -0.1) is 0 Å². The molecule has 0 radical (unpaired) electrons. The average molecular weight is 253 g/mol. The van der Waals surface area contributed by atoms with Gasteiger partial charge in [0.15, 0.2) is 5.60 Å². The summed E-state index contributed by atoms with van der Waals surface area (Å²) in [4.78, 5) is 20.9. The minimum atomic E-state index is -1.54. The molecule has 1 aromatic rings. The molecule has 6 nitrogen and oxygen atoms in total. The van der Waals surface area contributed by atoms with Crippen LogP contribution in [-0.2, 0) is 16.1 Å². The van der Waals surface area contributed by atoms with Crippen LogP contribution in [0.25, 0.3) is 0 Å². The van der Waals surface area contributed by atoms with Crippen LogP contribution in [0, 0.1) is 10.1 Å². The molecule has 0 amide bonds. The number of carboxylic acids is 1. The van der Waals surface area contributed by atoms with E-state index in [0.29, 0.717) is 0 Å². The van der Waals surface area contributed by atoms with Crippen molar-refractivity contribution >= 4 is 5.97 Å². The van der Waals surface area contributed by atoms with Crippen molar-refractivity contribution in [3.8, 4) is 0 Å². The first-order chi connectivity index (χ1) is 8.44. The maximum atomic E-state index is 11.1. The van der Waals surface area contributed by atoms with Gasteiger partial charge in [0.1, 0.15) is 0 Å². The number of rotatable bonds is 7. The number of carbonyl (C=O) groups is 1. The monoisotopic (exact) mass is 253 g/mol. The fraction of sp³-hybridized carbons (Fsp3) is 0.417. The number of hydrogen-bond acceptors (Lipinski definition) is 4. The molecule has 0 heterocycles. The second-order valence-corrected chi connectivity index (χ2v) is 4.12. The minimum absolute atomic E-state index is 0.112. The quantitative estimate of drug-likeness (QED) is 0.590. The second-order valence-electron chi connectivity index (χ2n) is 4.12. The molecular formula is C12H15NO5. The fourth-order valence-corrected chi connectivity index (χ4v) is 1.36. The summed E-state index contributed by atoms with van der Waals surface area (Å²) >= 11 is 0. The van der Waals surface area contributed by atoms with Crippen molar-refractivity contribution < 1.29 is 19.6 Å². The summed E-state index contributed by atoms with van der Waals surface area (Å²) in [7, 11) is 0. The molecule has 0 aliphatic heterocycles. The lowest BCUT2D eigenvalue weighted by Gasteiger charge is -2.23. The molecule has 18 heavy (non-hydrogen) atoms. The molecule has 0 saturated heterocycles. The van der Waals surface area contributed by atoms with Crippen molar-refractivity contribution in [2.75, 3.05) is 6.54 Å². The lowest BCUT2D eigenvalue weighted by atomic mass is 10.0. The molecule has 98 valence electrons. The van der Waals surface area contributed by atoms with Gasteiger partial charge >= 0.3 is 5.97 Å². The molecule has 0 bridgehead atoms. The highest BCUT2D eigenvalue weighted by Crippen LogP contribution is 2.18. The van der Waals surface area contributed by atoms with E-state index in [4.69, 9.17) is 9.84 Å². The molecule has 0 aliphatic carbocycles. The van der Waals surface area contributed by atoms with Crippen molar-refractivity contribution in [2.24, 2.45) is 0 Å². The Labute approximate surface area is 104 Å². The van der Waals surface area contributed by atoms with Crippen LogP contribution in [0.1, 0.15) is 18.9 Å². The van der Waals surface area contributed by atoms with Crippen LogP contribution in [-0.4, -0.2) is 28.1 Å². The summed E-state index contributed by atoms with van der Waals surface area (Å²) in [5, 5.41) is 19.4. The van der Waals surface area contributed by atoms with Crippen LogP contribution in [0.3, 0.4) is 0 Å². The Morgan fingerprint density at radius 3 is 2.56 bits per heavy atom. The molecular weight excluding hydrogens is 238 g/mol. The molecule has 1 aromatic carbocycles. The van der Waals surface area contributed by atoms with E-state index < -0.39 is 23.0 Å². The van der Waals surface area contributed by atoms with Crippen LogP contribution in [0.4, 0.5) is 0 Å². The maximum Gasteiger partial charge on any atom is 0.335 e. The smallest absolute Gasteiger partial charge is 0.335 e. The third-order valence-corrected chi connectivity index (χ3v) is 2.62. The number of nitro groups is 1. The first-order valence-corrected chi connectivity index (χ1v) is 5.47. The predicted molar refractivity (Wildman–Crippen MR) is 63.8 cm³/mol. The Morgan fingerprint density at radius 1 is 1.44 bits per heavy atom. The lowest BCUT2D eigenvalue weighted by Crippen LogP contribution is -2.40. The van der Waals surface area contributed by atoms with E-state index in [1.54, 1.807) is 12.1 Å². The number of carboxylic acid groups (broad SMARTS) is 1. The molecule has 0 saturated carbocycles. The van der Waals surface area contributed by atoms with Crippen LogP contribution in [0.2, 0.25) is 0 Å². The molecule has 0 aliphatic rings. The molecule has 0 fully saturated rings. The van der Waals surface area contributed by atoms with Crippen molar-refractivity contribution in [3.63, 3.8) is 0 Å².